The van der Waals surface area contributed by atoms with Crippen LogP contribution in [0.2, 0.25) is 5.02 Å². The predicted molar refractivity (Wildman–Crippen MR) is 106 cm³/mol. The van der Waals surface area contributed by atoms with Crippen molar-refractivity contribution in [3.63, 3.8) is 0 Å². The third-order valence-corrected chi connectivity index (χ3v) is 5.42. The van der Waals surface area contributed by atoms with Crippen LogP contribution in [0.4, 0.5) is 4.39 Å². The van der Waals surface area contributed by atoms with Gasteiger partial charge in [-0.3, -0.25) is 14.5 Å². The Morgan fingerprint density at radius 3 is 2.72 bits per heavy atom. The fraction of sp³-hybridized carbons (Fsp3) is 0.429. The molecule has 1 aromatic heterocycles. The number of nitrogens with zero attached hydrogens (tertiary/aromatic N) is 1. The van der Waals surface area contributed by atoms with Gasteiger partial charge < -0.3 is 14.3 Å². The largest absolute Gasteiger partial charge is 0.502 e. The second-order valence-corrected chi connectivity index (χ2v) is 7.50. The molecule has 1 aliphatic heterocycles. The minimum atomic E-state index is -1.11. The zero-order valence-electron chi connectivity index (χ0n) is 16.1. The zero-order chi connectivity index (χ0) is 21.0. The highest BCUT2D eigenvalue weighted by atomic mass is 35.5. The smallest absolute Gasteiger partial charge is 0.306 e. The van der Waals surface area contributed by atoms with E-state index in [4.69, 9.17) is 20.8 Å². The summed E-state index contributed by atoms with van der Waals surface area (Å²) >= 11 is 6.19. The fourth-order valence-corrected chi connectivity index (χ4v) is 3.92. The highest BCUT2D eigenvalue weighted by Crippen LogP contribution is 2.38. The maximum absolute atomic E-state index is 14.6. The minimum Gasteiger partial charge on any atom is -0.502 e. The molecule has 1 aromatic carbocycles. The van der Waals surface area contributed by atoms with Gasteiger partial charge in [0, 0.05) is 16.7 Å². The molecule has 29 heavy (non-hydrogen) atoms. The van der Waals surface area contributed by atoms with Crippen molar-refractivity contribution >= 4 is 17.6 Å². The number of esters is 1. The average molecular weight is 424 g/mol. The molecule has 1 atom stereocenters. The summed E-state index contributed by atoms with van der Waals surface area (Å²) in [7, 11) is 1.20. The van der Waals surface area contributed by atoms with Crippen LogP contribution >= 0.6 is 11.6 Å². The molecule has 1 fully saturated rings. The summed E-state index contributed by atoms with van der Waals surface area (Å²) in [6, 6.07) is 5.32. The number of carbonyl (C=O) groups excluding carboxylic acids is 1. The first-order chi connectivity index (χ1) is 13.9. The van der Waals surface area contributed by atoms with Crippen LogP contribution in [0.5, 0.6) is 5.75 Å². The minimum absolute atomic E-state index is 0.0341. The lowest BCUT2D eigenvalue weighted by atomic mass is 9.91. The van der Waals surface area contributed by atoms with Crippen LogP contribution in [0, 0.1) is 5.82 Å². The number of likely N-dealkylation sites (tertiary alicyclic amines) is 1. The molecule has 1 unspecified atom stereocenters. The van der Waals surface area contributed by atoms with Crippen molar-refractivity contribution in [2.45, 2.75) is 38.1 Å². The molecule has 0 spiro atoms. The van der Waals surface area contributed by atoms with E-state index in [0.29, 0.717) is 12.3 Å². The molecule has 0 aliphatic carbocycles. The van der Waals surface area contributed by atoms with Crippen molar-refractivity contribution in [2.75, 3.05) is 20.2 Å². The van der Waals surface area contributed by atoms with E-state index < -0.39 is 28.9 Å². The Hall–Kier alpha value is -2.38. The normalized spacial score (nSPS) is 15.8. The van der Waals surface area contributed by atoms with Gasteiger partial charge in [-0.2, -0.15) is 0 Å². The lowest BCUT2D eigenvalue weighted by Gasteiger charge is -2.26. The average Bonchev–Trinajstić information content (AvgIpc) is 2.70. The van der Waals surface area contributed by atoms with E-state index in [1.165, 1.54) is 31.4 Å². The van der Waals surface area contributed by atoms with Crippen LogP contribution < -0.4 is 5.43 Å². The molecule has 156 valence electrons. The van der Waals surface area contributed by atoms with Crippen LogP contribution in [0.3, 0.4) is 0 Å². The van der Waals surface area contributed by atoms with Gasteiger partial charge in [0.15, 0.2) is 5.76 Å². The van der Waals surface area contributed by atoms with Gasteiger partial charge in [0.2, 0.25) is 11.2 Å². The SMILES string of the molecule is COC(=O)CC(c1oc(CN2CCCCC2)cc(=O)c1O)c1c(F)cccc1Cl. The van der Waals surface area contributed by atoms with Crippen molar-refractivity contribution in [1.82, 2.24) is 4.90 Å². The Kier molecular flexibility index (Phi) is 6.92. The molecule has 1 N–H and O–H groups in total. The fourth-order valence-electron chi connectivity index (χ4n) is 3.63. The number of benzene rings is 1. The topological polar surface area (TPSA) is 80.0 Å². The number of methoxy groups -OCH3 is 1. The molecule has 0 radical (unpaired) electrons. The highest BCUT2D eigenvalue weighted by Gasteiger charge is 2.30. The molecule has 1 aliphatic rings. The van der Waals surface area contributed by atoms with Crippen molar-refractivity contribution in [3.05, 3.63) is 62.4 Å². The summed E-state index contributed by atoms with van der Waals surface area (Å²) < 4.78 is 25.1. The second-order valence-electron chi connectivity index (χ2n) is 7.09. The van der Waals surface area contributed by atoms with Crippen molar-refractivity contribution in [3.8, 4) is 5.75 Å². The number of rotatable bonds is 6. The van der Waals surface area contributed by atoms with Crippen molar-refractivity contribution in [1.29, 1.82) is 0 Å². The van der Waals surface area contributed by atoms with E-state index >= 15 is 0 Å². The van der Waals surface area contributed by atoms with Crippen LogP contribution in [0.15, 0.2) is 33.5 Å². The predicted octanol–water partition coefficient (Wildman–Crippen LogP) is 3.82. The summed E-state index contributed by atoms with van der Waals surface area (Å²) in [6.07, 6.45) is 2.94. The summed E-state index contributed by atoms with van der Waals surface area (Å²) in [5.41, 5.74) is -0.686. The summed E-state index contributed by atoms with van der Waals surface area (Å²) in [5, 5.41) is 10.4. The van der Waals surface area contributed by atoms with Crippen molar-refractivity contribution in [2.24, 2.45) is 0 Å². The van der Waals surface area contributed by atoms with Gasteiger partial charge >= 0.3 is 5.97 Å². The van der Waals surface area contributed by atoms with Crippen LogP contribution in [0.25, 0.3) is 0 Å². The van der Waals surface area contributed by atoms with Gasteiger partial charge in [-0.15, -0.1) is 0 Å². The zero-order valence-corrected chi connectivity index (χ0v) is 16.9. The number of piperidine rings is 1. The van der Waals surface area contributed by atoms with Crippen LogP contribution in [0.1, 0.15) is 48.7 Å². The summed E-state index contributed by atoms with van der Waals surface area (Å²) in [4.78, 5) is 26.5. The maximum atomic E-state index is 14.6. The summed E-state index contributed by atoms with van der Waals surface area (Å²) in [6.45, 7) is 2.15. The number of ether oxygens (including phenoxy) is 1. The number of hydrogen-bond acceptors (Lipinski definition) is 6. The second kappa shape index (κ2) is 9.41. The van der Waals surface area contributed by atoms with Gasteiger partial charge in [-0.05, 0) is 38.1 Å². The first-order valence-electron chi connectivity index (χ1n) is 9.49. The molecule has 0 saturated carbocycles. The Morgan fingerprint density at radius 2 is 2.07 bits per heavy atom. The molecule has 8 heteroatoms. The Balaban J connectivity index is 2.06. The first-order valence-corrected chi connectivity index (χ1v) is 9.87. The van der Waals surface area contributed by atoms with E-state index in [1.54, 1.807) is 0 Å². The molecular weight excluding hydrogens is 401 g/mol. The number of carbonyl (C=O) groups is 1. The van der Waals surface area contributed by atoms with E-state index in [-0.39, 0.29) is 22.8 Å². The molecule has 3 rings (SSSR count). The lowest BCUT2D eigenvalue weighted by Crippen LogP contribution is -2.29. The lowest BCUT2D eigenvalue weighted by molar-refractivity contribution is -0.140. The quantitative estimate of drug-likeness (QED) is 0.711. The van der Waals surface area contributed by atoms with Gasteiger partial charge in [-0.25, -0.2) is 4.39 Å². The van der Waals surface area contributed by atoms with Gasteiger partial charge in [-0.1, -0.05) is 24.1 Å². The highest BCUT2D eigenvalue weighted by molar-refractivity contribution is 6.31. The van der Waals surface area contributed by atoms with Crippen LogP contribution in [-0.4, -0.2) is 36.2 Å². The van der Waals surface area contributed by atoms with E-state index in [1.807, 2.05) is 0 Å². The monoisotopic (exact) mass is 423 g/mol. The van der Waals surface area contributed by atoms with Gasteiger partial charge in [0.25, 0.3) is 0 Å². The van der Waals surface area contributed by atoms with Gasteiger partial charge in [0.1, 0.15) is 11.6 Å². The Morgan fingerprint density at radius 1 is 1.34 bits per heavy atom. The molecular formula is C21H23ClFNO5. The third-order valence-electron chi connectivity index (χ3n) is 5.09. The third kappa shape index (κ3) is 4.97. The summed E-state index contributed by atoms with van der Waals surface area (Å²) in [5.74, 6) is -2.95. The molecule has 1 saturated heterocycles. The van der Waals surface area contributed by atoms with E-state index in [0.717, 1.165) is 32.4 Å². The first kappa shape index (κ1) is 21.3. The molecule has 6 nitrogen and oxygen atoms in total. The number of hydrogen-bond donors (Lipinski definition) is 1. The van der Waals surface area contributed by atoms with E-state index in [9.17, 15) is 19.1 Å². The standard InChI is InChI=1S/C21H23ClFNO5/c1-28-18(26)11-14(19-15(22)6-5-7-16(19)23)21-20(27)17(25)10-13(29-21)12-24-8-3-2-4-9-24/h5-7,10,14,27H,2-4,8-9,11-12H2,1H3. The van der Waals surface area contributed by atoms with Crippen LogP contribution in [-0.2, 0) is 16.1 Å². The van der Waals surface area contributed by atoms with Crippen molar-refractivity contribution < 1.29 is 23.4 Å². The number of halogens is 2. The van der Waals surface area contributed by atoms with Gasteiger partial charge in [0.05, 0.1) is 26.0 Å². The number of aromatic hydroxyl groups is 1. The Labute approximate surface area is 172 Å². The molecule has 0 bridgehead atoms. The molecule has 2 aromatic rings. The Bertz CT molecular complexity index is 919. The molecule has 2 heterocycles. The maximum Gasteiger partial charge on any atom is 0.306 e. The molecule has 0 amide bonds. The van der Waals surface area contributed by atoms with E-state index in [2.05, 4.69) is 4.90 Å².